The molecule has 0 saturated carbocycles. The fourth-order valence-corrected chi connectivity index (χ4v) is 2.93. The summed E-state index contributed by atoms with van der Waals surface area (Å²) < 4.78 is 13.5. The van der Waals surface area contributed by atoms with Gasteiger partial charge < -0.3 is 11.1 Å². The van der Waals surface area contributed by atoms with Gasteiger partial charge in [0.25, 0.3) is 0 Å². The average Bonchev–Trinajstić information content (AvgIpc) is 2.55. The predicted octanol–water partition coefficient (Wildman–Crippen LogP) is 1.60. The van der Waals surface area contributed by atoms with Gasteiger partial charge in [-0.25, -0.2) is 4.39 Å². The summed E-state index contributed by atoms with van der Waals surface area (Å²) in [5, 5.41) is 2.83. The number of nitrogens with one attached hydrogen (secondary N) is 1. The van der Waals surface area contributed by atoms with Crippen molar-refractivity contribution in [3.05, 3.63) is 71.0 Å². The highest BCUT2D eigenvalue weighted by Crippen LogP contribution is 2.25. The Morgan fingerprint density at radius 1 is 1.25 bits per heavy atom. The Balaban J connectivity index is 1.84. The average molecular weight is 327 g/mol. The van der Waals surface area contributed by atoms with Gasteiger partial charge in [0, 0.05) is 25.2 Å². The van der Waals surface area contributed by atoms with E-state index in [0.717, 1.165) is 5.56 Å². The largest absolute Gasteiger partial charge is 0.366 e. The monoisotopic (exact) mass is 327 g/mol. The summed E-state index contributed by atoms with van der Waals surface area (Å²) in [6.07, 6.45) is 0. The van der Waals surface area contributed by atoms with Crippen molar-refractivity contribution < 1.29 is 14.0 Å². The standard InChI is InChI=1S/C18H18FN3O2/c19-15-3-1-2-14(10-15)16-18(24)21-8-9-22(16)11-12-4-6-13(7-5-12)17(20)23/h1-7,10,16H,8-9,11H2,(H2,20,23)(H,21,24)/t16-/m0/s1. The summed E-state index contributed by atoms with van der Waals surface area (Å²) in [6.45, 7) is 1.72. The van der Waals surface area contributed by atoms with E-state index >= 15 is 0 Å². The molecule has 5 nitrogen and oxygen atoms in total. The normalized spacial score (nSPS) is 18.2. The Kier molecular flexibility index (Phi) is 4.57. The number of carbonyl (C=O) groups excluding carboxylic acids is 2. The molecule has 1 fully saturated rings. The second-order valence-electron chi connectivity index (χ2n) is 5.78. The number of primary amides is 1. The minimum atomic E-state index is -0.537. The molecule has 0 aromatic heterocycles. The number of rotatable bonds is 4. The first-order valence-corrected chi connectivity index (χ1v) is 7.70. The van der Waals surface area contributed by atoms with Gasteiger partial charge >= 0.3 is 0 Å². The van der Waals surface area contributed by atoms with Crippen LogP contribution in [0.1, 0.15) is 27.5 Å². The summed E-state index contributed by atoms with van der Waals surface area (Å²) in [4.78, 5) is 25.4. The fraction of sp³-hybridized carbons (Fsp3) is 0.222. The molecule has 6 heteroatoms. The van der Waals surface area contributed by atoms with Crippen LogP contribution in [0.15, 0.2) is 48.5 Å². The molecule has 1 heterocycles. The number of halogens is 1. The van der Waals surface area contributed by atoms with Gasteiger partial charge in [0.15, 0.2) is 0 Å². The Morgan fingerprint density at radius 2 is 2.00 bits per heavy atom. The molecule has 0 spiro atoms. The van der Waals surface area contributed by atoms with E-state index in [-0.39, 0.29) is 11.7 Å². The van der Waals surface area contributed by atoms with Gasteiger partial charge in [0.05, 0.1) is 0 Å². The van der Waals surface area contributed by atoms with Crippen molar-refractivity contribution in [3.8, 4) is 0 Å². The zero-order chi connectivity index (χ0) is 17.1. The van der Waals surface area contributed by atoms with E-state index in [4.69, 9.17) is 5.73 Å². The summed E-state index contributed by atoms with van der Waals surface area (Å²) in [5.74, 6) is -0.978. The van der Waals surface area contributed by atoms with Crippen LogP contribution in [-0.4, -0.2) is 29.8 Å². The maximum Gasteiger partial charge on any atom is 0.248 e. The molecule has 3 N–H and O–H groups in total. The third-order valence-electron chi connectivity index (χ3n) is 4.10. The summed E-state index contributed by atoms with van der Waals surface area (Å²) in [6, 6.07) is 12.5. The maximum atomic E-state index is 13.5. The molecule has 1 aliphatic rings. The van der Waals surface area contributed by atoms with Crippen LogP contribution in [-0.2, 0) is 11.3 Å². The molecule has 2 aromatic rings. The van der Waals surface area contributed by atoms with Gasteiger partial charge in [-0.05, 0) is 35.4 Å². The molecule has 0 unspecified atom stereocenters. The van der Waals surface area contributed by atoms with Crippen LogP contribution in [0.3, 0.4) is 0 Å². The van der Waals surface area contributed by atoms with Crippen LogP contribution in [0.5, 0.6) is 0 Å². The lowest BCUT2D eigenvalue weighted by Gasteiger charge is -2.35. The molecule has 2 amide bonds. The molecule has 1 atom stereocenters. The Morgan fingerprint density at radius 3 is 2.67 bits per heavy atom. The van der Waals surface area contributed by atoms with Gasteiger partial charge in [-0.1, -0.05) is 24.3 Å². The minimum Gasteiger partial charge on any atom is -0.366 e. The number of piperazine rings is 1. The lowest BCUT2D eigenvalue weighted by atomic mass is 10.0. The smallest absolute Gasteiger partial charge is 0.248 e. The lowest BCUT2D eigenvalue weighted by molar-refractivity contribution is -0.129. The van der Waals surface area contributed by atoms with Crippen LogP contribution >= 0.6 is 0 Å². The van der Waals surface area contributed by atoms with Gasteiger partial charge in [0.2, 0.25) is 11.8 Å². The molecule has 24 heavy (non-hydrogen) atoms. The molecule has 3 rings (SSSR count). The number of amides is 2. The van der Waals surface area contributed by atoms with Crippen molar-refractivity contribution >= 4 is 11.8 Å². The quantitative estimate of drug-likeness (QED) is 0.895. The zero-order valence-corrected chi connectivity index (χ0v) is 13.0. The number of hydrogen-bond donors (Lipinski definition) is 2. The summed E-state index contributed by atoms with van der Waals surface area (Å²) in [5.41, 5.74) is 7.26. The second-order valence-corrected chi connectivity index (χ2v) is 5.78. The van der Waals surface area contributed by atoms with Crippen molar-refractivity contribution in [2.45, 2.75) is 12.6 Å². The molecule has 1 saturated heterocycles. The van der Waals surface area contributed by atoms with E-state index in [1.165, 1.54) is 12.1 Å². The molecule has 0 bridgehead atoms. The highest BCUT2D eigenvalue weighted by molar-refractivity contribution is 5.92. The van der Waals surface area contributed by atoms with Crippen molar-refractivity contribution in [1.29, 1.82) is 0 Å². The van der Waals surface area contributed by atoms with Gasteiger partial charge in [0.1, 0.15) is 11.9 Å². The number of nitrogens with zero attached hydrogens (tertiary/aromatic N) is 1. The summed E-state index contributed by atoms with van der Waals surface area (Å²) >= 11 is 0. The molecule has 0 aliphatic carbocycles. The Bertz CT molecular complexity index is 761. The van der Waals surface area contributed by atoms with Gasteiger partial charge in [-0.2, -0.15) is 0 Å². The van der Waals surface area contributed by atoms with Crippen molar-refractivity contribution in [2.75, 3.05) is 13.1 Å². The second kappa shape index (κ2) is 6.80. The van der Waals surface area contributed by atoms with E-state index in [9.17, 15) is 14.0 Å². The molecular formula is C18H18FN3O2. The van der Waals surface area contributed by atoms with Crippen LogP contribution in [0.2, 0.25) is 0 Å². The zero-order valence-electron chi connectivity index (χ0n) is 13.0. The number of benzene rings is 2. The van der Waals surface area contributed by atoms with Crippen LogP contribution in [0.25, 0.3) is 0 Å². The molecular weight excluding hydrogens is 309 g/mol. The first-order chi connectivity index (χ1) is 11.5. The van der Waals surface area contributed by atoms with Crippen LogP contribution in [0.4, 0.5) is 4.39 Å². The highest BCUT2D eigenvalue weighted by atomic mass is 19.1. The van der Waals surface area contributed by atoms with Crippen LogP contribution < -0.4 is 11.1 Å². The first-order valence-electron chi connectivity index (χ1n) is 7.70. The number of hydrogen-bond acceptors (Lipinski definition) is 3. The molecule has 0 radical (unpaired) electrons. The Hall–Kier alpha value is -2.73. The Labute approximate surface area is 139 Å². The first kappa shape index (κ1) is 16.1. The molecule has 1 aliphatic heterocycles. The van der Waals surface area contributed by atoms with Crippen LogP contribution in [0, 0.1) is 5.82 Å². The van der Waals surface area contributed by atoms with E-state index in [0.29, 0.717) is 30.8 Å². The predicted molar refractivity (Wildman–Crippen MR) is 87.5 cm³/mol. The van der Waals surface area contributed by atoms with Gasteiger partial charge in [-0.3, -0.25) is 14.5 Å². The van der Waals surface area contributed by atoms with E-state index in [1.807, 2.05) is 17.0 Å². The van der Waals surface area contributed by atoms with Gasteiger partial charge in [-0.15, -0.1) is 0 Å². The number of nitrogens with two attached hydrogens (primary N) is 1. The molecule has 2 aromatic carbocycles. The third-order valence-corrected chi connectivity index (χ3v) is 4.10. The van der Waals surface area contributed by atoms with Crippen molar-refractivity contribution in [3.63, 3.8) is 0 Å². The van der Waals surface area contributed by atoms with E-state index in [2.05, 4.69) is 5.32 Å². The minimum absolute atomic E-state index is 0.138. The maximum absolute atomic E-state index is 13.5. The van der Waals surface area contributed by atoms with E-state index < -0.39 is 11.9 Å². The third kappa shape index (κ3) is 3.44. The topological polar surface area (TPSA) is 75.4 Å². The lowest BCUT2D eigenvalue weighted by Crippen LogP contribution is -2.49. The number of carbonyl (C=O) groups is 2. The van der Waals surface area contributed by atoms with Crippen molar-refractivity contribution in [2.24, 2.45) is 5.73 Å². The van der Waals surface area contributed by atoms with E-state index in [1.54, 1.807) is 24.3 Å². The summed E-state index contributed by atoms with van der Waals surface area (Å²) in [7, 11) is 0. The van der Waals surface area contributed by atoms with Crippen molar-refractivity contribution in [1.82, 2.24) is 10.2 Å². The SMILES string of the molecule is NC(=O)c1ccc(CN2CCNC(=O)[C@@H]2c2cccc(F)c2)cc1. The highest BCUT2D eigenvalue weighted by Gasteiger charge is 2.31. The fourth-order valence-electron chi connectivity index (χ4n) is 2.93. The molecule has 124 valence electrons.